The number of aromatic nitrogens is 1. The van der Waals surface area contributed by atoms with Crippen LogP contribution in [0.2, 0.25) is 0 Å². The Kier molecular flexibility index (Phi) is 9.29. The van der Waals surface area contributed by atoms with Crippen molar-refractivity contribution in [2.45, 2.75) is 44.6 Å². The van der Waals surface area contributed by atoms with Crippen LogP contribution in [0, 0.1) is 5.92 Å². The van der Waals surface area contributed by atoms with Gasteiger partial charge in [0.1, 0.15) is 0 Å². The molecule has 0 spiro atoms. The van der Waals surface area contributed by atoms with Crippen molar-refractivity contribution in [3.63, 3.8) is 0 Å². The Morgan fingerprint density at radius 1 is 1.02 bits per heavy atom. The quantitative estimate of drug-likeness (QED) is 0.238. The van der Waals surface area contributed by atoms with Crippen LogP contribution in [0.25, 0.3) is 11.3 Å². The average Bonchev–Trinajstić information content (AvgIpc) is 3.00. The summed E-state index contributed by atoms with van der Waals surface area (Å²) in [7, 11) is 1.64. The Labute approximate surface area is 257 Å². The normalized spacial score (nSPS) is 18.7. The van der Waals surface area contributed by atoms with Gasteiger partial charge in [-0.25, -0.2) is 0 Å². The average molecular weight is 633 g/mol. The lowest BCUT2D eigenvalue weighted by Gasteiger charge is -2.35. The summed E-state index contributed by atoms with van der Waals surface area (Å²) >= 11 is 3.38. The number of ether oxygens (including phenoxy) is 2. The third kappa shape index (κ3) is 7.20. The monoisotopic (exact) mass is 632 g/mol. The predicted octanol–water partition coefficient (Wildman–Crippen LogP) is 6.20. The number of benzene rings is 2. The SMILES string of the molecule is COC[C@H](CN1CCC(C(F)(F)F)CC1)Nc1ccc2c(c1)Sc1cccc(-c3cc(N4CCOCC4)cc(=O)[nH]3)c1S2. The van der Waals surface area contributed by atoms with Gasteiger partial charge >= 0.3 is 6.18 Å². The number of hydrogen-bond acceptors (Lipinski definition) is 8. The summed E-state index contributed by atoms with van der Waals surface area (Å²) in [6.07, 6.45) is -3.83. The zero-order valence-corrected chi connectivity index (χ0v) is 25.5. The first-order valence-corrected chi connectivity index (χ1v) is 16.1. The molecule has 2 fully saturated rings. The number of rotatable bonds is 8. The number of fused-ring (bicyclic) bond motifs is 2. The molecule has 230 valence electrons. The maximum atomic E-state index is 13.1. The molecule has 1 aromatic heterocycles. The molecule has 2 aromatic carbocycles. The lowest BCUT2D eigenvalue weighted by atomic mass is 9.96. The van der Waals surface area contributed by atoms with Gasteiger partial charge < -0.3 is 29.6 Å². The van der Waals surface area contributed by atoms with Crippen LogP contribution in [-0.2, 0) is 9.47 Å². The molecule has 2 saturated heterocycles. The second kappa shape index (κ2) is 13.2. The fourth-order valence-corrected chi connectivity index (χ4v) is 8.33. The van der Waals surface area contributed by atoms with E-state index in [-0.39, 0.29) is 24.4 Å². The van der Waals surface area contributed by atoms with Gasteiger partial charge in [0.05, 0.1) is 37.5 Å². The molecule has 3 aliphatic rings. The van der Waals surface area contributed by atoms with Gasteiger partial charge in [-0.1, -0.05) is 35.7 Å². The summed E-state index contributed by atoms with van der Waals surface area (Å²) in [6.45, 7) is 4.74. The van der Waals surface area contributed by atoms with Crippen molar-refractivity contribution >= 4 is 34.9 Å². The van der Waals surface area contributed by atoms with E-state index in [2.05, 4.69) is 50.4 Å². The first-order chi connectivity index (χ1) is 20.8. The summed E-state index contributed by atoms with van der Waals surface area (Å²) in [5, 5.41) is 3.56. The van der Waals surface area contributed by atoms with Gasteiger partial charge in [-0.15, -0.1) is 0 Å². The fraction of sp³-hybridized carbons (Fsp3) is 0.452. The Balaban J connectivity index is 1.17. The Morgan fingerprint density at radius 2 is 1.81 bits per heavy atom. The molecule has 0 amide bonds. The van der Waals surface area contributed by atoms with Crippen molar-refractivity contribution in [2.75, 3.05) is 69.9 Å². The highest BCUT2D eigenvalue weighted by Crippen LogP contribution is 2.52. The van der Waals surface area contributed by atoms with Gasteiger partial charge in [0.15, 0.2) is 0 Å². The standard InChI is InChI=1S/C31H35F3N4O3S2/c1-40-19-22(18-37-9-7-20(8-10-37)31(32,33)34)35-21-5-6-26-28(15-21)42-27-4-2-3-24(30(27)43-26)25-16-23(17-29(39)36-25)38-11-13-41-14-12-38/h2-6,15-17,20,22,35H,7-14,18-19H2,1H3,(H,36,39)/t22-/m0/s1. The molecule has 2 N–H and O–H groups in total. The van der Waals surface area contributed by atoms with Gasteiger partial charge in [-0.3, -0.25) is 4.79 Å². The molecule has 6 rings (SSSR count). The fourth-order valence-electron chi connectivity index (χ4n) is 5.91. The molecule has 4 heterocycles. The molecule has 12 heteroatoms. The van der Waals surface area contributed by atoms with Crippen molar-refractivity contribution in [1.29, 1.82) is 0 Å². The summed E-state index contributed by atoms with van der Waals surface area (Å²) in [5.41, 5.74) is 3.50. The minimum Gasteiger partial charge on any atom is -0.383 e. The van der Waals surface area contributed by atoms with Crippen LogP contribution in [0.4, 0.5) is 24.5 Å². The number of methoxy groups -OCH3 is 1. The van der Waals surface area contributed by atoms with E-state index in [1.807, 2.05) is 12.1 Å². The maximum Gasteiger partial charge on any atom is 0.391 e. The number of pyridine rings is 1. The van der Waals surface area contributed by atoms with Gasteiger partial charge in [-0.2, -0.15) is 13.2 Å². The molecule has 3 aromatic rings. The molecular formula is C31H35F3N4O3S2. The van der Waals surface area contributed by atoms with E-state index in [1.54, 1.807) is 36.7 Å². The molecule has 0 aliphatic carbocycles. The number of morpholine rings is 1. The van der Waals surface area contributed by atoms with Crippen LogP contribution in [0.15, 0.2) is 72.9 Å². The summed E-state index contributed by atoms with van der Waals surface area (Å²) in [4.78, 5) is 24.5. The predicted molar refractivity (Wildman–Crippen MR) is 165 cm³/mol. The number of alkyl halides is 3. The van der Waals surface area contributed by atoms with Crippen LogP contribution in [0.5, 0.6) is 0 Å². The van der Waals surface area contributed by atoms with E-state index < -0.39 is 12.1 Å². The summed E-state index contributed by atoms with van der Waals surface area (Å²) in [6, 6.07) is 16.1. The topological polar surface area (TPSA) is 69.8 Å². The van der Waals surface area contributed by atoms with Crippen molar-refractivity contribution in [3.05, 3.63) is 58.9 Å². The zero-order chi connectivity index (χ0) is 30.0. The van der Waals surface area contributed by atoms with Gasteiger partial charge in [0.25, 0.3) is 0 Å². The number of aromatic amines is 1. The zero-order valence-electron chi connectivity index (χ0n) is 23.9. The van der Waals surface area contributed by atoms with E-state index in [0.717, 1.165) is 55.3 Å². The summed E-state index contributed by atoms with van der Waals surface area (Å²) in [5.74, 6) is -1.20. The molecule has 0 unspecified atom stereocenters. The van der Waals surface area contributed by atoms with Crippen LogP contribution >= 0.6 is 23.5 Å². The number of H-pyrrole nitrogens is 1. The van der Waals surface area contributed by atoms with E-state index in [0.29, 0.717) is 39.5 Å². The van der Waals surface area contributed by atoms with Crippen molar-refractivity contribution < 1.29 is 22.6 Å². The molecule has 0 radical (unpaired) electrons. The van der Waals surface area contributed by atoms with E-state index in [4.69, 9.17) is 9.47 Å². The number of piperidine rings is 1. The first kappa shape index (κ1) is 30.4. The first-order valence-electron chi connectivity index (χ1n) is 14.5. The molecule has 0 saturated carbocycles. The minimum absolute atomic E-state index is 0.0545. The van der Waals surface area contributed by atoms with Crippen molar-refractivity contribution in [3.8, 4) is 11.3 Å². The Hall–Kier alpha value is -2.64. The second-order valence-electron chi connectivity index (χ2n) is 11.1. The van der Waals surface area contributed by atoms with Gasteiger partial charge in [0.2, 0.25) is 5.56 Å². The van der Waals surface area contributed by atoms with E-state index >= 15 is 0 Å². The van der Waals surface area contributed by atoms with Gasteiger partial charge in [-0.05, 0) is 56.3 Å². The van der Waals surface area contributed by atoms with Crippen LogP contribution in [-0.4, -0.2) is 81.8 Å². The lowest BCUT2D eigenvalue weighted by Crippen LogP contribution is -2.45. The molecule has 1 atom stereocenters. The van der Waals surface area contributed by atoms with Crippen LogP contribution in [0.1, 0.15) is 12.8 Å². The molecule has 43 heavy (non-hydrogen) atoms. The highest BCUT2D eigenvalue weighted by atomic mass is 32.2. The largest absolute Gasteiger partial charge is 0.391 e. The lowest BCUT2D eigenvalue weighted by molar-refractivity contribution is -0.185. The number of likely N-dealkylation sites (tertiary alicyclic amines) is 1. The number of hydrogen-bond donors (Lipinski definition) is 2. The number of anilines is 2. The number of halogens is 3. The molecule has 0 bridgehead atoms. The highest BCUT2D eigenvalue weighted by Gasteiger charge is 2.41. The second-order valence-corrected chi connectivity index (χ2v) is 13.3. The Bertz CT molecular complexity index is 1490. The van der Waals surface area contributed by atoms with Crippen LogP contribution < -0.4 is 15.8 Å². The molecule has 3 aliphatic heterocycles. The third-order valence-corrected chi connectivity index (χ3v) is 10.7. The molecule has 7 nitrogen and oxygen atoms in total. The molecular weight excluding hydrogens is 597 g/mol. The van der Waals surface area contributed by atoms with E-state index in [1.165, 1.54) is 0 Å². The number of nitrogens with zero attached hydrogens (tertiary/aromatic N) is 2. The Morgan fingerprint density at radius 3 is 2.56 bits per heavy atom. The highest BCUT2D eigenvalue weighted by molar-refractivity contribution is 8.05. The van der Waals surface area contributed by atoms with Gasteiger partial charge in [0, 0.05) is 69.3 Å². The van der Waals surface area contributed by atoms with E-state index in [9.17, 15) is 18.0 Å². The maximum absolute atomic E-state index is 13.1. The number of nitrogens with one attached hydrogen (secondary N) is 2. The van der Waals surface area contributed by atoms with Crippen molar-refractivity contribution in [1.82, 2.24) is 9.88 Å². The smallest absolute Gasteiger partial charge is 0.383 e. The minimum atomic E-state index is -4.11. The van der Waals surface area contributed by atoms with Crippen molar-refractivity contribution in [2.24, 2.45) is 5.92 Å². The summed E-state index contributed by atoms with van der Waals surface area (Å²) < 4.78 is 50.3. The third-order valence-electron chi connectivity index (χ3n) is 8.12. The van der Waals surface area contributed by atoms with Crippen LogP contribution in [0.3, 0.4) is 0 Å².